The third-order valence-corrected chi connectivity index (χ3v) is 6.94. The van der Waals surface area contributed by atoms with Gasteiger partial charge in [0.05, 0.1) is 6.54 Å². The molecule has 2 fully saturated rings. The molecule has 0 saturated carbocycles. The van der Waals surface area contributed by atoms with Crippen LogP contribution in [0.5, 0.6) is 0 Å². The second-order valence-electron chi connectivity index (χ2n) is 6.95. The third kappa shape index (κ3) is 4.61. The zero-order valence-electron chi connectivity index (χ0n) is 14.9. The van der Waals surface area contributed by atoms with Gasteiger partial charge in [0.15, 0.2) is 0 Å². The van der Waals surface area contributed by atoms with Gasteiger partial charge in [-0.1, -0.05) is 25.0 Å². The zero-order valence-corrected chi connectivity index (χ0v) is 15.8. The molecule has 1 aromatic rings. The summed E-state index contributed by atoms with van der Waals surface area (Å²) in [6, 6.07) is 5.83. The number of hydrogen-bond acceptors (Lipinski definition) is 3. The fraction of sp³-hybridized carbons (Fsp3) is 0.611. The van der Waals surface area contributed by atoms with Crippen LogP contribution >= 0.6 is 0 Å². The second-order valence-corrected chi connectivity index (χ2v) is 8.88. The molecule has 144 valence electrons. The van der Waals surface area contributed by atoms with E-state index in [9.17, 15) is 17.6 Å². The normalized spacial score (nSPS) is 22.1. The molecule has 2 heterocycles. The van der Waals surface area contributed by atoms with Crippen molar-refractivity contribution in [2.45, 2.75) is 38.6 Å². The van der Waals surface area contributed by atoms with Crippen LogP contribution in [0.15, 0.2) is 24.3 Å². The number of halogens is 1. The predicted octanol–water partition coefficient (Wildman–Crippen LogP) is 1.98. The highest BCUT2D eigenvalue weighted by Crippen LogP contribution is 2.20. The lowest BCUT2D eigenvalue weighted by atomic mass is 10.2. The van der Waals surface area contributed by atoms with Gasteiger partial charge in [-0.05, 0) is 37.0 Å². The molecule has 0 radical (unpaired) electrons. The first kappa shape index (κ1) is 19.3. The zero-order chi connectivity index (χ0) is 18.6. The fourth-order valence-electron chi connectivity index (χ4n) is 3.50. The first-order chi connectivity index (χ1) is 12.5. The van der Waals surface area contributed by atoms with Crippen molar-refractivity contribution in [1.29, 1.82) is 0 Å². The van der Waals surface area contributed by atoms with Gasteiger partial charge in [-0.3, -0.25) is 4.79 Å². The number of nitrogens with zero attached hydrogens (tertiary/aromatic N) is 3. The fourth-order valence-corrected chi connectivity index (χ4v) is 5.14. The van der Waals surface area contributed by atoms with Gasteiger partial charge in [0, 0.05) is 32.7 Å². The average Bonchev–Trinajstić information content (AvgIpc) is 2.90. The Bertz CT molecular complexity index is 716. The van der Waals surface area contributed by atoms with Gasteiger partial charge in [-0.2, -0.15) is 17.0 Å². The number of likely N-dealkylation sites (tertiary alicyclic amines) is 1. The van der Waals surface area contributed by atoms with Crippen molar-refractivity contribution in [2.75, 3.05) is 32.7 Å². The maximum absolute atomic E-state index is 13.0. The van der Waals surface area contributed by atoms with Crippen molar-refractivity contribution in [3.63, 3.8) is 0 Å². The summed E-state index contributed by atoms with van der Waals surface area (Å²) in [4.78, 5) is 14.4. The summed E-state index contributed by atoms with van der Waals surface area (Å²) in [7, 11) is -3.69. The summed E-state index contributed by atoms with van der Waals surface area (Å²) in [5.41, 5.74) is 0.732. The molecule has 8 heteroatoms. The molecule has 0 spiro atoms. The van der Waals surface area contributed by atoms with Crippen LogP contribution < -0.4 is 0 Å². The van der Waals surface area contributed by atoms with Gasteiger partial charge >= 0.3 is 0 Å². The monoisotopic (exact) mass is 383 g/mol. The Balaban J connectivity index is 1.66. The number of amides is 1. The minimum absolute atomic E-state index is 0.0950. The molecule has 1 aromatic carbocycles. The lowest BCUT2D eigenvalue weighted by molar-refractivity contribution is -0.131. The molecule has 0 aromatic heterocycles. The van der Waals surface area contributed by atoms with Crippen molar-refractivity contribution >= 4 is 16.1 Å². The van der Waals surface area contributed by atoms with Crippen molar-refractivity contribution in [3.8, 4) is 0 Å². The highest BCUT2D eigenvalue weighted by atomic mass is 32.2. The molecule has 0 aliphatic carbocycles. The summed E-state index contributed by atoms with van der Waals surface area (Å²) in [5, 5.41) is 0. The molecule has 3 rings (SSSR count). The molecule has 0 bridgehead atoms. The Morgan fingerprint density at radius 3 is 2.15 bits per heavy atom. The maximum Gasteiger partial charge on any atom is 0.282 e. The van der Waals surface area contributed by atoms with E-state index in [4.69, 9.17) is 0 Å². The van der Waals surface area contributed by atoms with Crippen LogP contribution in [0.2, 0.25) is 0 Å². The lowest BCUT2D eigenvalue weighted by Crippen LogP contribution is -2.52. The van der Waals surface area contributed by atoms with Gasteiger partial charge in [-0.15, -0.1) is 0 Å². The van der Waals surface area contributed by atoms with Crippen LogP contribution in [0.1, 0.15) is 37.7 Å². The van der Waals surface area contributed by atoms with Crippen molar-refractivity contribution in [2.24, 2.45) is 0 Å². The number of carbonyl (C=O) groups excluding carboxylic acids is 1. The Labute approximate surface area is 154 Å². The van der Waals surface area contributed by atoms with E-state index in [0.29, 0.717) is 32.6 Å². The summed E-state index contributed by atoms with van der Waals surface area (Å²) in [6.45, 7) is 2.30. The molecule has 6 nitrogen and oxygen atoms in total. The summed E-state index contributed by atoms with van der Waals surface area (Å²) in [6.07, 6.45) is 4.88. The third-order valence-electron chi connectivity index (χ3n) is 5.01. The maximum atomic E-state index is 13.0. The highest BCUT2D eigenvalue weighted by molar-refractivity contribution is 7.86. The molecule has 1 amide bonds. The van der Waals surface area contributed by atoms with Crippen LogP contribution in [-0.4, -0.2) is 60.6 Å². The van der Waals surface area contributed by atoms with Gasteiger partial charge in [-0.25, -0.2) is 4.39 Å². The van der Waals surface area contributed by atoms with E-state index < -0.39 is 10.2 Å². The minimum atomic E-state index is -3.69. The molecule has 0 unspecified atom stereocenters. The average molecular weight is 383 g/mol. The van der Waals surface area contributed by atoms with E-state index in [1.807, 2.05) is 0 Å². The molecule has 0 N–H and O–H groups in total. The Morgan fingerprint density at radius 2 is 1.50 bits per heavy atom. The van der Waals surface area contributed by atoms with Crippen LogP contribution in [0.3, 0.4) is 0 Å². The number of carbonyl (C=O) groups is 1. The first-order valence-corrected chi connectivity index (χ1v) is 10.6. The summed E-state index contributed by atoms with van der Waals surface area (Å²) >= 11 is 0. The topological polar surface area (TPSA) is 60.9 Å². The summed E-state index contributed by atoms with van der Waals surface area (Å²) in [5.74, 6) is -0.459. The Morgan fingerprint density at radius 1 is 0.885 bits per heavy atom. The number of hydrogen-bond donors (Lipinski definition) is 0. The van der Waals surface area contributed by atoms with E-state index in [0.717, 1.165) is 31.2 Å². The molecule has 2 saturated heterocycles. The number of rotatable bonds is 4. The van der Waals surface area contributed by atoms with Crippen LogP contribution in [0.4, 0.5) is 4.39 Å². The standard InChI is InChI=1S/C18H26FN3O3S/c19-17-8-6-16(7-9-17)14-21-12-5-13-22(26(21,24)25)15-18(23)20-10-3-1-2-4-11-20/h6-9H,1-5,10-15H2. The molecule has 0 atom stereocenters. The van der Waals surface area contributed by atoms with E-state index in [-0.39, 0.29) is 24.8 Å². The van der Waals surface area contributed by atoms with Gasteiger partial charge in [0.1, 0.15) is 5.82 Å². The van der Waals surface area contributed by atoms with Crippen molar-refractivity contribution in [3.05, 3.63) is 35.6 Å². The predicted molar refractivity (Wildman–Crippen MR) is 97.0 cm³/mol. The van der Waals surface area contributed by atoms with E-state index in [1.54, 1.807) is 17.0 Å². The van der Waals surface area contributed by atoms with Crippen LogP contribution in [0, 0.1) is 5.82 Å². The minimum Gasteiger partial charge on any atom is -0.342 e. The number of benzene rings is 1. The van der Waals surface area contributed by atoms with Crippen molar-refractivity contribution in [1.82, 2.24) is 13.5 Å². The van der Waals surface area contributed by atoms with E-state index in [1.165, 1.54) is 20.7 Å². The molecular weight excluding hydrogens is 357 g/mol. The molecular formula is C18H26FN3O3S. The van der Waals surface area contributed by atoms with E-state index >= 15 is 0 Å². The summed E-state index contributed by atoms with van der Waals surface area (Å²) < 4.78 is 41.5. The van der Waals surface area contributed by atoms with Gasteiger partial charge < -0.3 is 4.90 Å². The SMILES string of the molecule is O=C(CN1CCCN(Cc2ccc(F)cc2)S1(=O)=O)N1CCCCCC1. The Kier molecular flexibility index (Phi) is 6.26. The quantitative estimate of drug-likeness (QED) is 0.799. The van der Waals surface area contributed by atoms with E-state index in [2.05, 4.69) is 0 Å². The lowest BCUT2D eigenvalue weighted by Gasteiger charge is -2.35. The molecule has 2 aliphatic rings. The second kappa shape index (κ2) is 8.45. The van der Waals surface area contributed by atoms with Gasteiger partial charge in [0.2, 0.25) is 5.91 Å². The molecule has 2 aliphatic heterocycles. The van der Waals surface area contributed by atoms with Gasteiger partial charge in [0.25, 0.3) is 10.2 Å². The molecule has 26 heavy (non-hydrogen) atoms. The van der Waals surface area contributed by atoms with Crippen LogP contribution in [0.25, 0.3) is 0 Å². The Hall–Kier alpha value is -1.51. The smallest absolute Gasteiger partial charge is 0.282 e. The van der Waals surface area contributed by atoms with Crippen molar-refractivity contribution < 1.29 is 17.6 Å². The first-order valence-electron chi connectivity index (χ1n) is 9.24. The van der Waals surface area contributed by atoms with Crippen LogP contribution in [-0.2, 0) is 21.5 Å². The largest absolute Gasteiger partial charge is 0.342 e. The highest BCUT2D eigenvalue weighted by Gasteiger charge is 2.35.